The highest BCUT2D eigenvalue weighted by Gasteiger charge is 2.03. The van der Waals surface area contributed by atoms with Gasteiger partial charge in [0.15, 0.2) is 5.43 Å². The van der Waals surface area contributed by atoms with Gasteiger partial charge < -0.3 is 9.30 Å². The van der Waals surface area contributed by atoms with Crippen molar-refractivity contribution < 1.29 is 4.74 Å². The third-order valence-corrected chi connectivity index (χ3v) is 2.60. The predicted molar refractivity (Wildman–Crippen MR) is 65.1 cm³/mol. The van der Waals surface area contributed by atoms with Crippen LogP contribution in [-0.2, 0) is 6.54 Å². The van der Waals surface area contributed by atoms with Crippen molar-refractivity contribution in [2.45, 2.75) is 20.4 Å². The van der Waals surface area contributed by atoms with Crippen molar-refractivity contribution >= 4 is 10.9 Å². The molecule has 0 fully saturated rings. The molecule has 2 rings (SSSR count). The number of rotatable bonds is 3. The quantitative estimate of drug-likeness (QED) is 0.790. The molecule has 2 aromatic rings. The van der Waals surface area contributed by atoms with Crippen LogP contribution in [0.15, 0.2) is 35.3 Å². The maximum absolute atomic E-state index is 11.7. The van der Waals surface area contributed by atoms with Gasteiger partial charge in [-0.3, -0.25) is 4.79 Å². The highest BCUT2D eigenvalue weighted by atomic mass is 16.5. The largest absolute Gasteiger partial charge is 0.494 e. The van der Waals surface area contributed by atoms with Crippen LogP contribution in [0.4, 0.5) is 0 Å². The van der Waals surface area contributed by atoms with Crippen LogP contribution < -0.4 is 10.2 Å². The molecule has 0 N–H and O–H groups in total. The van der Waals surface area contributed by atoms with E-state index in [1.165, 1.54) is 0 Å². The lowest BCUT2D eigenvalue weighted by Crippen LogP contribution is -2.07. The second-order valence-corrected chi connectivity index (χ2v) is 3.58. The fraction of sp³-hybridized carbons (Fsp3) is 0.308. The van der Waals surface area contributed by atoms with E-state index in [2.05, 4.69) is 6.92 Å². The van der Waals surface area contributed by atoms with E-state index >= 15 is 0 Å². The number of hydrogen-bond acceptors (Lipinski definition) is 2. The summed E-state index contributed by atoms with van der Waals surface area (Å²) in [5.41, 5.74) is 1.000. The van der Waals surface area contributed by atoms with Gasteiger partial charge in [-0.2, -0.15) is 0 Å². The molecule has 1 aromatic carbocycles. The van der Waals surface area contributed by atoms with Crippen molar-refractivity contribution in [1.82, 2.24) is 4.57 Å². The van der Waals surface area contributed by atoms with Crippen molar-refractivity contribution in [2.24, 2.45) is 0 Å². The Balaban J connectivity index is 2.68. The van der Waals surface area contributed by atoms with Crippen LogP contribution >= 0.6 is 0 Å². The van der Waals surface area contributed by atoms with E-state index in [-0.39, 0.29) is 5.43 Å². The average Bonchev–Trinajstić information content (AvgIpc) is 2.31. The summed E-state index contributed by atoms with van der Waals surface area (Å²) in [5.74, 6) is 0.751. The Hall–Kier alpha value is -1.77. The Morgan fingerprint density at radius 2 is 2.06 bits per heavy atom. The zero-order valence-electron chi connectivity index (χ0n) is 9.56. The minimum absolute atomic E-state index is 0.0428. The van der Waals surface area contributed by atoms with E-state index in [0.717, 1.165) is 23.2 Å². The summed E-state index contributed by atoms with van der Waals surface area (Å²) in [6.07, 6.45) is 1.82. The van der Waals surface area contributed by atoms with Crippen molar-refractivity contribution in [3.8, 4) is 5.75 Å². The first-order valence-electron chi connectivity index (χ1n) is 5.52. The fourth-order valence-electron chi connectivity index (χ4n) is 1.82. The zero-order chi connectivity index (χ0) is 11.5. The first-order chi connectivity index (χ1) is 7.76. The summed E-state index contributed by atoms with van der Waals surface area (Å²) in [7, 11) is 0. The normalized spacial score (nSPS) is 10.6. The molecule has 1 heterocycles. The number of ether oxygens (including phenoxy) is 1. The van der Waals surface area contributed by atoms with E-state index < -0.39 is 0 Å². The van der Waals surface area contributed by atoms with Crippen LogP contribution in [0.3, 0.4) is 0 Å². The molecule has 0 amide bonds. The van der Waals surface area contributed by atoms with Gasteiger partial charge in [0.1, 0.15) is 5.75 Å². The molecule has 0 aliphatic rings. The standard InChI is InChI=1S/C13H15NO2/c1-3-14-8-7-13(15)11-9-10(16-4-2)5-6-12(11)14/h5-9H,3-4H2,1-2H3. The summed E-state index contributed by atoms with van der Waals surface area (Å²) in [5, 5.41) is 0.718. The Bertz CT molecular complexity index is 557. The molecule has 3 nitrogen and oxygen atoms in total. The number of aromatic nitrogens is 1. The maximum Gasteiger partial charge on any atom is 0.189 e. The Morgan fingerprint density at radius 1 is 1.25 bits per heavy atom. The van der Waals surface area contributed by atoms with Crippen LogP contribution in [0.25, 0.3) is 10.9 Å². The third kappa shape index (κ3) is 1.81. The van der Waals surface area contributed by atoms with Gasteiger partial charge in [-0.25, -0.2) is 0 Å². The van der Waals surface area contributed by atoms with Gasteiger partial charge in [0.05, 0.1) is 12.1 Å². The molecule has 0 atom stereocenters. The fourth-order valence-corrected chi connectivity index (χ4v) is 1.82. The summed E-state index contributed by atoms with van der Waals surface area (Å²) in [6, 6.07) is 7.25. The summed E-state index contributed by atoms with van der Waals surface area (Å²) in [4.78, 5) is 11.7. The average molecular weight is 217 g/mol. The Kier molecular flexibility index (Phi) is 2.95. The van der Waals surface area contributed by atoms with E-state index in [0.29, 0.717) is 6.61 Å². The van der Waals surface area contributed by atoms with Gasteiger partial charge in [-0.15, -0.1) is 0 Å². The number of nitrogens with zero attached hydrogens (tertiary/aromatic N) is 1. The maximum atomic E-state index is 11.7. The molecule has 0 saturated carbocycles. The number of hydrogen-bond donors (Lipinski definition) is 0. The van der Waals surface area contributed by atoms with Crippen molar-refractivity contribution in [3.63, 3.8) is 0 Å². The van der Waals surface area contributed by atoms with Crippen LogP contribution in [0.2, 0.25) is 0 Å². The summed E-state index contributed by atoms with van der Waals surface area (Å²) in [6.45, 7) is 5.45. The van der Waals surface area contributed by atoms with Gasteiger partial charge in [0, 0.05) is 24.2 Å². The monoisotopic (exact) mass is 217 g/mol. The summed E-state index contributed by atoms with van der Waals surface area (Å²) < 4.78 is 7.44. The Morgan fingerprint density at radius 3 is 2.75 bits per heavy atom. The molecule has 84 valence electrons. The van der Waals surface area contributed by atoms with Gasteiger partial charge in [0.2, 0.25) is 0 Å². The molecule has 0 saturated heterocycles. The lowest BCUT2D eigenvalue weighted by Gasteiger charge is -2.09. The second kappa shape index (κ2) is 4.39. The van der Waals surface area contributed by atoms with Crippen molar-refractivity contribution in [1.29, 1.82) is 0 Å². The molecular weight excluding hydrogens is 202 g/mol. The smallest absolute Gasteiger partial charge is 0.189 e. The number of pyridine rings is 1. The van der Waals surface area contributed by atoms with Crippen LogP contribution in [0, 0.1) is 0 Å². The molecular formula is C13H15NO2. The number of aryl methyl sites for hydroxylation is 1. The van der Waals surface area contributed by atoms with Gasteiger partial charge in [0.25, 0.3) is 0 Å². The number of benzene rings is 1. The molecule has 3 heteroatoms. The highest BCUT2D eigenvalue weighted by Crippen LogP contribution is 2.18. The lowest BCUT2D eigenvalue weighted by atomic mass is 10.2. The molecule has 0 spiro atoms. The summed E-state index contributed by atoms with van der Waals surface area (Å²) >= 11 is 0. The first-order valence-corrected chi connectivity index (χ1v) is 5.52. The minimum Gasteiger partial charge on any atom is -0.494 e. The Labute approximate surface area is 94.3 Å². The van der Waals surface area contributed by atoms with Crippen molar-refractivity contribution in [3.05, 3.63) is 40.7 Å². The number of fused-ring (bicyclic) bond motifs is 1. The second-order valence-electron chi connectivity index (χ2n) is 3.58. The van der Waals surface area contributed by atoms with Crippen LogP contribution in [0.5, 0.6) is 5.75 Å². The van der Waals surface area contributed by atoms with Gasteiger partial charge in [-0.1, -0.05) is 0 Å². The predicted octanol–water partition coefficient (Wildman–Crippen LogP) is 2.42. The zero-order valence-corrected chi connectivity index (χ0v) is 9.56. The van der Waals surface area contributed by atoms with Crippen LogP contribution in [-0.4, -0.2) is 11.2 Å². The molecule has 16 heavy (non-hydrogen) atoms. The molecule has 0 aliphatic carbocycles. The van der Waals surface area contributed by atoms with E-state index in [9.17, 15) is 4.79 Å². The van der Waals surface area contributed by atoms with Gasteiger partial charge in [-0.05, 0) is 32.0 Å². The van der Waals surface area contributed by atoms with Crippen LogP contribution in [0.1, 0.15) is 13.8 Å². The molecule has 0 unspecified atom stereocenters. The van der Waals surface area contributed by atoms with E-state index in [4.69, 9.17) is 4.74 Å². The lowest BCUT2D eigenvalue weighted by molar-refractivity contribution is 0.340. The SMILES string of the molecule is CCOc1ccc2c(c1)c(=O)ccn2CC. The van der Waals surface area contributed by atoms with E-state index in [1.807, 2.05) is 35.9 Å². The molecule has 0 aliphatic heterocycles. The molecule has 0 radical (unpaired) electrons. The molecule has 1 aromatic heterocycles. The topological polar surface area (TPSA) is 31.2 Å². The minimum atomic E-state index is 0.0428. The first kappa shape index (κ1) is 10.7. The van der Waals surface area contributed by atoms with Gasteiger partial charge >= 0.3 is 0 Å². The van der Waals surface area contributed by atoms with E-state index in [1.54, 1.807) is 6.07 Å². The highest BCUT2D eigenvalue weighted by molar-refractivity contribution is 5.80. The molecule has 0 bridgehead atoms. The van der Waals surface area contributed by atoms with Crippen molar-refractivity contribution in [2.75, 3.05) is 6.61 Å². The third-order valence-electron chi connectivity index (χ3n) is 2.60.